The Morgan fingerprint density at radius 3 is 2.79 bits per heavy atom. The maximum atomic E-state index is 13.3. The number of fused-ring (bicyclic) bond motifs is 5. The van der Waals surface area contributed by atoms with Gasteiger partial charge in [0, 0.05) is 41.7 Å². The molecule has 8 nitrogen and oxygen atoms in total. The number of anilines is 1. The molecule has 0 unspecified atom stereocenters. The summed E-state index contributed by atoms with van der Waals surface area (Å²) >= 11 is 0. The molecular weight excluding hydrogens is 360 g/mol. The first-order valence-electron chi connectivity index (χ1n) is 9.32. The topological polar surface area (TPSA) is 107 Å². The first-order valence-corrected chi connectivity index (χ1v) is 9.32. The summed E-state index contributed by atoms with van der Waals surface area (Å²) < 4.78 is 0. The van der Waals surface area contributed by atoms with Gasteiger partial charge < -0.3 is 10.2 Å². The van der Waals surface area contributed by atoms with E-state index >= 15 is 0 Å². The van der Waals surface area contributed by atoms with Crippen molar-refractivity contribution in [1.29, 1.82) is 0 Å². The van der Waals surface area contributed by atoms with Gasteiger partial charge in [0.25, 0.3) is 11.6 Å². The zero-order chi connectivity index (χ0) is 19.3. The van der Waals surface area contributed by atoms with Crippen molar-refractivity contribution in [2.45, 2.75) is 24.9 Å². The molecule has 2 aliphatic carbocycles. The predicted molar refractivity (Wildman–Crippen MR) is 101 cm³/mol. The molecule has 8 heteroatoms. The second-order valence-corrected chi connectivity index (χ2v) is 7.61. The Labute approximate surface area is 160 Å². The third-order valence-electron chi connectivity index (χ3n) is 6.25. The average Bonchev–Trinajstić information content (AvgIpc) is 3.41. The highest BCUT2D eigenvalue weighted by Crippen LogP contribution is 2.60. The van der Waals surface area contributed by atoms with E-state index in [0.717, 1.165) is 30.5 Å². The maximum absolute atomic E-state index is 13.3. The van der Waals surface area contributed by atoms with Crippen molar-refractivity contribution in [1.82, 2.24) is 4.98 Å². The lowest BCUT2D eigenvalue weighted by atomic mass is 9.72. The summed E-state index contributed by atoms with van der Waals surface area (Å²) in [6, 6.07) is 9.60. The van der Waals surface area contributed by atoms with Crippen LogP contribution >= 0.6 is 0 Å². The van der Waals surface area contributed by atoms with Gasteiger partial charge in [0.15, 0.2) is 0 Å². The van der Waals surface area contributed by atoms with E-state index in [4.69, 9.17) is 4.84 Å². The molecule has 28 heavy (non-hydrogen) atoms. The van der Waals surface area contributed by atoms with Gasteiger partial charge in [-0.1, -0.05) is 5.16 Å². The molecular formula is C20H18N4O4. The Morgan fingerprint density at radius 1 is 1.25 bits per heavy atom. The number of nitro benzene ring substituents is 1. The normalized spacial score (nSPS) is 29.7. The molecule has 142 valence electrons. The molecule has 0 spiro atoms. The van der Waals surface area contributed by atoms with Crippen LogP contribution in [0.25, 0.3) is 0 Å². The molecule has 3 aliphatic rings. The number of pyridine rings is 1. The van der Waals surface area contributed by atoms with E-state index in [1.54, 1.807) is 12.4 Å². The highest BCUT2D eigenvalue weighted by atomic mass is 16.7. The van der Waals surface area contributed by atoms with Crippen molar-refractivity contribution < 1.29 is 14.6 Å². The summed E-state index contributed by atoms with van der Waals surface area (Å²) in [5, 5.41) is 18.1. The van der Waals surface area contributed by atoms with Crippen LogP contribution < -0.4 is 5.32 Å². The minimum Gasteiger partial charge on any atom is -0.378 e. The van der Waals surface area contributed by atoms with E-state index in [0.29, 0.717) is 11.6 Å². The van der Waals surface area contributed by atoms with Gasteiger partial charge in [-0.25, -0.2) is 0 Å². The molecule has 0 radical (unpaired) electrons. The van der Waals surface area contributed by atoms with Crippen LogP contribution in [0.3, 0.4) is 0 Å². The van der Waals surface area contributed by atoms with Gasteiger partial charge in [-0.15, -0.1) is 0 Å². The summed E-state index contributed by atoms with van der Waals surface area (Å²) in [4.78, 5) is 33.8. The minimum atomic E-state index is -1.02. The van der Waals surface area contributed by atoms with Crippen LogP contribution in [0.2, 0.25) is 0 Å². The van der Waals surface area contributed by atoms with Gasteiger partial charge in [0.2, 0.25) is 5.60 Å². The molecule has 1 amide bonds. The molecule has 2 saturated carbocycles. The van der Waals surface area contributed by atoms with Crippen molar-refractivity contribution in [2.75, 3.05) is 5.32 Å². The Morgan fingerprint density at radius 2 is 2.07 bits per heavy atom. The summed E-state index contributed by atoms with van der Waals surface area (Å²) in [6.07, 6.45) is 6.39. The second kappa shape index (κ2) is 6.12. The van der Waals surface area contributed by atoms with Crippen molar-refractivity contribution in [3.63, 3.8) is 0 Å². The predicted octanol–water partition coefficient (Wildman–Crippen LogP) is 3.15. The highest BCUT2D eigenvalue weighted by Gasteiger charge is 2.69. The quantitative estimate of drug-likeness (QED) is 0.650. The summed E-state index contributed by atoms with van der Waals surface area (Å²) in [5.41, 5.74) is 1.14. The van der Waals surface area contributed by atoms with E-state index in [1.807, 2.05) is 12.1 Å². The smallest absolute Gasteiger partial charge is 0.272 e. The number of benzene rings is 1. The molecule has 2 heterocycles. The van der Waals surface area contributed by atoms with Gasteiger partial charge in [-0.2, -0.15) is 0 Å². The molecule has 1 aliphatic heterocycles. The third kappa shape index (κ3) is 2.33. The molecule has 1 N–H and O–H groups in total. The number of rotatable bonds is 4. The minimum absolute atomic E-state index is 0.0201. The average molecular weight is 378 g/mol. The Hall–Kier alpha value is -3.29. The number of hydrogen-bond donors (Lipinski definition) is 1. The molecule has 2 fully saturated rings. The van der Waals surface area contributed by atoms with Gasteiger partial charge in [-0.05, 0) is 49.4 Å². The van der Waals surface area contributed by atoms with E-state index in [1.165, 1.54) is 24.3 Å². The number of amides is 1. The maximum Gasteiger partial charge on any atom is 0.272 e. The van der Waals surface area contributed by atoms with Crippen LogP contribution in [0.1, 0.15) is 24.8 Å². The number of carbonyl (C=O) groups excluding carboxylic acids is 1. The van der Waals surface area contributed by atoms with Crippen LogP contribution in [0.15, 0.2) is 53.9 Å². The number of nitrogens with zero attached hydrogens (tertiary/aromatic N) is 3. The summed E-state index contributed by atoms with van der Waals surface area (Å²) in [5.74, 6) is 0.127. The Bertz CT molecular complexity index is 975. The third-order valence-corrected chi connectivity index (χ3v) is 6.25. The lowest BCUT2D eigenvalue weighted by molar-refractivity contribution is -0.384. The SMILES string of the molecule is O=C(Nc1ccc([N+](=O)[O-])cc1)[C@]12ON=C(c3cccnc3)[C@H]1[C@@H]1CC[C@H]2C1. The van der Waals surface area contributed by atoms with E-state index in [2.05, 4.69) is 15.5 Å². The Balaban J connectivity index is 1.45. The van der Waals surface area contributed by atoms with Crippen LogP contribution in [-0.2, 0) is 9.63 Å². The number of carbonyl (C=O) groups is 1. The molecule has 2 aromatic rings. The number of nitro groups is 1. The summed E-state index contributed by atoms with van der Waals surface area (Å²) in [6.45, 7) is 0. The van der Waals surface area contributed by atoms with Gasteiger partial charge >= 0.3 is 0 Å². The molecule has 2 bridgehead atoms. The molecule has 4 atom stereocenters. The largest absolute Gasteiger partial charge is 0.378 e. The van der Waals surface area contributed by atoms with E-state index in [9.17, 15) is 14.9 Å². The fourth-order valence-corrected chi connectivity index (χ4v) is 5.06. The van der Waals surface area contributed by atoms with Crippen molar-refractivity contribution in [3.05, 3.63) is 64.5 Å². The van der Waals surface area contributed by atoms with Crippen molar-refractivity contribution in [3.8, 4) is 0 Å². The molecule has 5 rings (SSSR count). The zero-order valence-corrected chi connectivity index (χ0v) is 14.9. The lowest BCUT2D eigenvalue weighted by Gasteiger charge is -2.35. The van der Waals surface area contributed by atoms with Crippen molar-refractivity contribution >= 4 is 23.0 Å². The number of nitrogens with one attached hydrogen (secondary N) is 1. The van der Waals surface area contributed by atoms with Gasteiger partial charge in [-0.3, -0.25) is 19.9 Å². The fraction of sp³-hybridized carbons (Fsp3) is 0.350. The van der Waals surface area contributed by atoms with Crippen LogP contribution in [0.4, 0.5) is 11.4 Å². The number of non-ortho nitro benzene ring substituents is 1. The van der Waals surface area contributed by atoms with Crippen LogP contribution in [0, 0.1) is 27.9 Å². The number of oxime groups is 1. The van der Waals surface area contributed by atoms with Crippen LogP contribution in [0.5, 0.6) is 0 Å². The molecule has 1 aromatic carbocycles. The van der Waals surface area contributed by atoms with Crippen LogP contribution in [-0.4, -0.2) is 27.1 Å². The van der Waals surface area contributed by atoms with Gasteiger partial charge in [0.05, 0.1) is 16.6 Å². The van der Waals surface area contributed by atoms with Crippen molar-refractivity contribution in [2.24, 2.45) is 22.9 Å². The lowest BCUT2D eigenvalue weighted by Crippen LogP contribution is -2.53. The number of hydrogen-bond acceptors (Lipinski definition) is 6. The first kappa shape index (κ1) is 16.9. The highest BCUT2D eigenvalue weighted by molar-refractivity contribution is 6.10. The monoisotopic (exact) mass is 378 g/mol. The zero-order valence-electron chi connectivity index (χ0n) is 14.9. The summed E-state index contributed by atoms with van der Waals surface area (Å²) in [7, 11) is 0. The molecule has 1 aromatic heterocycles. The van der Waals surface area contributed by atoms with Gasteiger partial charge in [0.1, 0.15) is 0 Å². The standard InChI is InChI=1S/C20H18N4O4/c25-19(22-15-5-7-16(8-6-15)24(26)27)20-14-4-3-12(10-14)17(20)18(23-28-20)13-2-1-9-21-11-13/h1-2,5-9,11-12,14,17H,3-4,10H2,(H,22,25)/t12-,14+,17-,20-/m1/s1. The Kier molecular flexibility index (Phi) is 3.68. The second-order valence-electron chi connectivity index (χ2n) is 7.61. The fourth-order valence-electron chi connectivity index (χ4n) is 5.06. The van der Waals surface area contributed by atoms with E-state index < -0.39 is 10.5 Å². The molecule has 0 saturated heterocycles. The first-order chi connectivity index (χ1) is 13.6. The van der Waals surface area contributed by atoms with E-state index in [-0.39, 0.29) is 23.4 Å². The number of aromatic nitrogens is 1.